The number of carbonyl (C=O) groups is 2. The average Bonchev–Trinajstić information content (AvgIpc) is 2.53. The molecule has 1 heterocycles. The van der Waals surface area contributed by atoms with Crippen LogP contribution in [0.3, 0.4) is 0 Å². The summed E-state index contributed by atoms with van der Waals surface area (Å²) in [6, 6.07) is 13.5. The minimum Gasteiger partial charge on any atom is -0.478 e. The molecule has 0 aromatic heterocycles. The molecular weight excluding hydrogens is 282 g/mol. The van der Waals surface area contributed by atoms with Gasteiger partial charge in [-0.05, 0) is 35.9 Å². The smallest absolute Gasteiger partial charge is 0.335 e. The van der Waals surface area contributed by atoms with Gasteiger partial charge in [0.25, 0.3) is 5.91 Å². The molecule has 0 saturated heterocycles. The van der Waals surface area contributed by atoms with Crippen LogP contribution >= 0.6 is 0 Å². The predicted octanol–water partition coefficient (Wildman–Crippen LogP) is 2.78. The Morgan fingerprint density at radius 2 is 1.82 bits per heavy atom. The first kappa shape index (κ1) is 13.9. The van der Waals surface area contributed by atoms with Gasteiger partial charge in [-0.3, -0.25) is 4.79 Å². The first-order valence-corrected chi connectivity index (χ1v) is 6.66. The van der Waals surface area contributed by atoms with E-state index in [-0.39, 0.29) is 17.2 Å². The molecule has 5 nitrogen and oxygen atoms in total. The summed E-state index contributed by atoms with van der Waals surface area (Å²) in [7, 11) is 1.69. The molecule has 0 aliphatic carbocycles. The van der Waals surface area contributed by atoms with Gasteiger partial charge in [0.15, 0.2) is 11.5 Å². The highest BCUT2D eigenvalue weighted by Gasteiger charge is 2.26. The zero-order valence-electron chi connectivity index (χ0n) is 11.8. The number of anilines is 1. The van der Waals surface area contributed by atoms with Crippen LogP contribution in [0.4, 0.5) is 5.69 Å². The largest absolute Gasteiger partial charge is 0.478 e. The number of ether oxygens (including phenoxy) is 1. The number of fused-ring (bicyclic) bond motifs is 1. The van der Waals surface area contributed by atoms with Gasteiger partial charge in [0.2, 0.25) is 0 Å². The molecule has 5 heteroatoms. The Morgan fingerprint density at radius 3 is 2.50 bits per heavy atom. The highest BCUT2D eigenvalue weighted by Crippen LogP contribution is 2.34. The van der Waals surface area contributed by atoms with E-state index in [1.807, 2.05) is 18.2 Å². The minimum absolute atomic E-state index is 0.195. The number of carboxylic acid groups (broad SMARTS) is 1. The maximum absolute atomic E-state index is 12.3. The van der Waals surface area contributed by atoms with E-state index in [0.29, 0.717) is 17.0 Å². The molecule has 0 fully saturated rings. The third kappa shape index (κ3) is 2.44. The summed E-state index contributed by atoms with van der Waals surface area (Å²) in [6.45, 7) is 0. The Morgan fingerprint density at radius 1 is 1.14 bits per heavy atom. The first-order valence-electron chi connectivity index (χ1n) is 6.66. The third-order valence-corrected chi connectivity index (χ3v) is 3.42. The van der Waals surface area contributed by atoms with E-state index in [9.17, 15) is 9.59 Å². The van der Waals surface area contributed by atoms with Gasteiger partial charge in [0, 0.05) is 7.05 Å². The Labute approximate surface area is 127 Å². The molecule has 2 aromatic carbocycles. The molecule has 2 aromatic rings. The van der Waals surface area contributed by atoms with Crippen molar-refractivity contribution < 1.29 is 19.4 Å². The summed E-state index contributed by atoms with van der Waals surface area (Å²) in [6.07, 6.45) is 1.60. The van der Waals surface area contributed by atoms with E-state index in [4.69, 9.17) is 9.84 Å². The van der Waals surface area contributed by atoms with Crippen molar-refractivity contribution >= 4 is 23.6 Å². The molecule has 0 saturated carbocycles. The fraction of sp³-hybridized carbons (Fsp3) is 0.0588. The van der Waals surface area contributed by atoms with Gasteiger partial charge in [-0.25, -0.2) is 4.79 Å². The molecule has 0 unspecified atom stereocenters. The van der Waals surface area contributed by atoms with Crippen molar-refractivity contribution in [2.24, 2.45) is 0 Å². The Kier molecular flexibility index (Phi) is 3.39. The van der Waals surface area contributed by atoms with Crippen LogP contribution < -0.4 is 9.64 Å². The molecule has 0 radical (unpaired) electrons. The van der Waals surface area contributed by atoms with E-state index in [2.05, 4.69) is 0 Å². The fourth-order valence-corrected chi connectivity index (χ4v) is 2.22. The van der Waals surface area contributed by atoms with E-state index in [0.717, 1.165) is 0 Å². The summed E-state index contributed by atoms with van der Waals surface area (Å²) in [5, 5.41) is 8.88. The summed E-state index contributed by atoms with van der Waals surface area (Å²) in [5.41, 5.74) is 1.60. The molecule has 110 valence electrons. The van der Waals surface area contributed by atoms with E-state index >= 15 is 0 Å². The Balaban J connectivity index is 1.95. The lowest BCUT2D eigenvalue weighted by Gasteiger charge is -2.27. The molecule has 3 rings (SSSR count). The molecule has 22 heavy (non-hydrogen) atoms. The fourth-order valence-electron chi connectivity index (χ4n) is 2.22. The van der Waals surface area contributed by atoms with Crippen molar-refractivity contribution in [3.8, 4) is 5.75 Å². The van der Waals surface area contributed by atoms with Gasteiger partial charge in [0.1, 0.15) is 0 Å². The van der Waals surface area contributed by atoms with Gasteiger partial charge in [0.05, 0.1) is 11.3 Å². The number of carbonyl (C=O) groups excluding carboxylic acids is 1. The van der Waals surface area contributed by atoms with Crippen molar-refractivity contribution in [3.05, 3.63) is 65.4 Å². The third-order valence-electron chi connectivity index (χ3n) is 3.42. The van der Waals surface area contributed by atoms with Crippen LogP contribution in [0.15, 0.2) is 54.3 Å². The second-order valence-corrected chi connectivity index (χ2v) is 4.87. The topological polar surface area (TPSA) is 66.8 Å². The molecule has 1 aliphatic heterocycles. The number of aromatic carboxylic acids is 1. The van der Waals surface area contributed by atoms with Crippen LogP contribution in [0.5, 0.6) is 5.75 Å². The number of hydrogen-bond donors (Lipinski definition) is 1. The van der Waals surface area contributed by atoms with Crippen LogP contribution in [0.25, 0.3) is 6.08 Å². The number of rotatable bonds is 2. The molecule has 0 spiro atoms. The number of carboxylic acids is 1. The van der Waals surface area contributed by atoms with Gasteiger partial charge >= 0.3 is 5.97 Å². The maximum Gasteiger partial charge on any atom is 0.335 e. The monoisotopic (exact) mass is 295 g/mol. The minimum atomic E-state index is -0.988. The second kappa shape index (κ2) is 5.37. The Bertz CT molecular complexity index is 778. The zero-order chi connectivity index (χ0) is 15.7. The number of nitrogens with zero attached hydrogens (tertiary/aromatic N) is 1. The van der Waals surface area contributed by atoms with Crippen LogP contribution in [0.2, 0.25) is 0 Å². The number of benzene rings is 2. The van der Waals surface area contributed by atoms with Gasteiger partial charge in [-0.15, -0.1) is 0 Å². The predicted molar refractivity (Wildman–Crippen MR) is 81.9 cm³/mol. The van der Waals surface area contributed by atoms with Crippen molar-refractivity contribution in [2.75, 3.05) is 11.9 Å². The van der Waals surface area contributed by atoms with Crippen molar-refractivity contribution in [3.63, 3.8) is 0 Å². The Hall–Kier alpha value is -3.08. The zero-order valence-corrected chi connectivity index (χ0v) is 11.8. The molecule has 1 aliphatic rings. The molecular formula is C17H13NO4. The standard InChI is InChI=1S/C17H13NO4/c1-18-13-4-2-3-5-14(13)22-15(16(18)19)10-11-6-8-12(9-7-11)17(20)21/h2-10H,1H3,(H,20,21)/b15-10+. The van der Waals surface area contributed by atoms with Crippen molar-refractivity contribution in [2.45, 2.75) is 0 Å². The highest BCUT2D eigenvalue weighted by atomic mass is 16.5. The van der Waals surface area contributed by atoms with Gasteiger partial charge in [-0.2, -0.15) is 0 Å². The van der Waals surface area contributed by atoms with Crippen molar-refractivity contribution in [1.29, 1.82) is 0 Å². The van der Waals surface area contributed by atoms with E-state index in [1.165, 1.54) is 17.0 Å². The first-order chi connectivity index (χ1) is 10.6. The van der Waals surface area contributed by atoms with Crippen LogP contribution in [-0.2, 0) is 4.79 Å². The lowest BCUT2D eigenvalue weighted by Crippen LogP contribution is -2.33. The number of hydrogen-bond acceptors (Lipinski definition) is 3. The lowest BCUT2D eigenvalue weighted by molar-refractivity contribution is -0.117. The summed E-state index contributed by atoms with van der Waals surface area (Å²) in [4.78, 5) is 24.7. The van der Waals surface area contributed by atoms with Gasteiger partial charge < -0.3 is 14.7 Å². The van der Waals surface area contributed by atoms with E-state index in [1.54, 1.807) is 31.3 Å². The second-order valence-electron chi connectivity index (χ2n) is 4.87. The molecule has 0 atom stereocenters. The highest BCUT2D eigenvalue weighted by molar-refractivity contribution is 6.09. The summed E-state index contributed by atoms with van der Waals surface area (Å²) in [5.74, 6) is -0.429. The molecule has 0 bridgehead atoms. The van der Waals surface area contributed by atoms with Crippen molar-refractivity contribution in [1.82, 2.24) is 0 Å². The number of para-hydroxylation sites is 2. The quantitative estimate of drug-likeness (QED) is 0.865. The maximum atomic E-state index is 12.3. The van der Waals surface area contributed by atoms with Crippen LogP contribution in [0, 0.1) is 0 Å². The average molecular weight is 295 g/mol. The van der Waals surface area contributed by atoms with Gasteiger partial charge in [-0.1, -0.05) is 24.3 Å². The van der Waals surface area contributed by atoms with E-state index < -0.39 is 5.97 Å². The molecule has 1 N–H and O–H groups in total. The SMILES string of the molecule is CN1C(=O)/C(=C\c2ccc(C(=O)O)cc2)Oc2ccccc21. The summed E-state index contributed by atoms with van der Waals surface area (Å²) >= 11 is 0. The summed E-state index contributed by atoms with van der Waals surface area (Å²) < 4.78 is 5.65. The molecule has 1 amide bonds. The number of amides is 1. The number of likely N-dealkylation sites (N-methyl/N-ethyl adjacent to an activating group) is 1. The van der Waals surface area contributed by atoms with Crippen LogP contribution in [-0.4, -0.2) is 24.0 Å². The lowest BCUT2D eigenvalue weighted by atomic mass is 10.1. The normalized spacial score (nSPS) is 15.4. The van der Waals surface area contributed by atoms with Crippen LogP contribution in [0.1, 0.15) is 15.9 Å².